The minimum absolute atomic E-state index is 0.297. The van der Waals surface area contributed by atoms with E-state index >= 15 is 0 Å². The van der Waals surface area contributed by atoms with E-state index in [0.29, 0.717) is 36.8 Å². The molecule has 100 valence electrons. The number of amides is 1. The van der Waals surface area contributed by atoms with Gasteiger partial charge in [-0.25, -0.2) is 0 Å². The minimum atomic E-state index is -1.01. The van der Waals surface area contributed by atoms with Crippen molar-refractivity contribution in [2.24, 2.45) is 5.41 Å². The van der Waals surface area contributed by atoms with Gasteiger partial charge in [-0.15, -0.1) is 0 Å². The van der Waals surface area contributed by atoms with Crippen LogP contribution in [0.15, 0.2) is 18.2 Å². The van der Waals surface area contributed by atoms with E-state index < -0.39 is 5.41 Å². The highest BCUT2D eigenvalue weighted by Crippen LogP contribution is 2.33. The lowest BCUT2D eigenvalue weighted by molar-refractivity contribution is -0.126. The highest BCUT2D eigenvalue weighted by atomic mass is 35.5. The molecule has 1 amide bonds. The summed E-state index contributed by atoms with van der Waals surface area (Å²) in [5.74, 6) is -0.297. The molecule has 1 fully saturated rings. The van der Waals surface area contributed by atoms with Crippen molar-refractivity contribution in [2.75, 3.05) is 18.5 Å². The number of halogens is 1. The molecule has 1 aliphatic heterocycles. The largest absolute Gasteiger partial charge is 0.381 e. The van der Waals surface area contributed by atoms with E-state index in [-0.39, 0.29) is 5.91 Å². The number of para-hydroxylation sites is 1. The van der Waals surface area contributed by atoms with Gasteiger partial charge in [0.25, 0.3) is 0 Å². The van der Waals surface area contributed by atoms with E-state index in [9.17, 15) is 10.1 Å². The molecule has 1 aromatic carbocycles. The third-order valence-corrected chi connectivity index (χ3v) is 3.77. The molecule has 2 rings (SSSR count). The topological polar surface area (TPSA) is 62.1 Å². The van der Waals surface area contributed by atoms with Gasteiger partial charge in [-0.2, -0.15) is 5.26 Å². The zero-order valence-electron chi connectivity index (χ0n) is 10.7. The van der Waals surface area contributed by atoms with Crippen LogP contribution >= 0.6 is 11.6 Å². The Labute approximate surface area is 117 Å². The molecule has 1 aliphatic rings. The summed E-state index contributed by atoms with van der Waals surface area (Å²) in [6, 6.07) is 7.54. The molecule has 1 heterocycles. The van der Waals surface area contributed by atoms with Crippen LogP contribution in [0.1, 0.15) is 18.4 Å². The summed E-state index contributed by atoms with van der Waals surface area (Å²) in [5, 5.41) is 12.6. The Morgan fingerprint density at radius 1 is 1.47 bits per heavy atom. The first-order valence-electron chi connectivity index (χ1n) is 6.15. The quantitative estimate of drug-likeness (QED) is 0.905. The number of ether oxygens (including phenoxy) is 1. The summed E-state index contributed by atoms with van der Waals surface area (Å²) < 4.78 is 5.22. The number of carbonyl (C=O) groups excluding carboxylic acids is 1. The molecular formula is C14H15ClN2O2. The van der Waals surface area contributed by atoms with Gasteiger partial charge in [0.15, 0.2) is 0 Å². The first-order chi connectivity index (χ1) is 9.09. The van der Waals surface area contributed by atoms with Gasteiger partial charge in [-0.05, 0) is 31.4 Å². The zero-order chi connectivity index (χ0) is 13.9. The molecular weight excluding hydrogens is 264 g/mol. The van der Waals surface area contributed by atoms with Crippen molar-refractivity contribution >= 4 is 23.2 Å². The highest BCUT2D eigenvalue weighted by molar-refractivity contribution is 6.34. The number of benzene rings is 1. The predicted octanol–water partition coefficient (Wildman–Crippen LogP) is 2.91. The Kier molecular flexibility index (Phi) is 4.08. The van der Waals surface area contributed by atoms with Crippen LogP contribution in [0.2, 0.25) is 5.02 Å². The van der Waals surface area contributed by atoms with Gasteiger partial charge in [0, 0.05) is 13.2 Å². The number of carbonyl (C=O) groups is 1. The molecule has 1 aromatic rings. The van der Waals surface area contributed by atoms with E-state index in [4.69, 9.17) is 16.3 Å². The number of rotatable bonds is 2. The first-order valence-corrected chi connectivity index (χ1v) is 6.52. The predicted molar refractivity (Wildman–Crippen MR) is 72.9 cm³/mol. The molecule has 0 bridgehead atoms. The molecule has 0 unspecified atom stereocenters. The van der Waals surface area contributed by atoms with Crippen LogP contribution in [-0.4, -0.2) is 19.1 Å². The molecule has 4 nitrogen and oxygen atoms in total. The molecule has 1 saturated heterocycles. The highest BCUT2D eigenvalue weighted by Gasteiger charge is 2.40. The number of hydrogen-bond donors (Lipinski definition) is 1. The van der Waals surface area contributed by atoms with Gasteiger partial charge >= 0.3 is 0 Å². The van der Waals surface area contributed by atoms with E-state index in [1.54, 1.807) is 6.07 Å². The summed E-state index contributed by atoms with van der Waals surface area (Å²) in [4.78, 5) is 12.4. The van der Waals surface area contributed by atoms with Gasteiger partial charge in [0.05, 0.1) is 16.8 Å². The molecule has 19 heavy (non-hydrogen) atoms. The van der Waals surface area contributed by atoms with Crippen molar-refractivity contribution in [1.29, 1.82) is 5.26 Å². The van der Waals surface area contributed by atoms with Crippen molar-refractivity contribution in [1.82, 2.24) is 0 Å². The van der Waals surface area contributed by atoms with Crippen LogP contribution in [-0.2, 0) is 9.53 Å². The first kappa shape index (κ1) is 13.9. The third kappa shape index (κ3) is 2.73. The van der Waals surface area contributed by atoms with Crippen molar-refractivity contribution in [2.45, 2.75) is 19.8 Å². The number of nitriles is 1. The SMILES string of the molecule is Cc1cccc(Cl)c1NC(=O)C1(C#N)CCOCC1. The Balaban J connectivity index is 2.23. The van der Waals surface area contributed by atoms with Gasteiger partial charge in [-0.3, -0.25) is 4.79 Å². The Morgan fingerprint density at radius 3 is 2.74 bits per heavy atom. The Hall–Kier alpha value is -1.57. The lowest BCUT2D eigenvalue weighted by Gasteiger charge is -2.29. The van der Waals surface area contributed by atoms with Crippen molar-refractivity contribution in [3.63, 3.8) is 0 Å². The number of nitrogens with zero attached hydrogens (tertiary/aromatic N) is 1. The summed E-state index contributed by atoms with van der Waals surface area (Å²) in [6.45, 7) is 2.73. The maximum absolute atomic E-state index is 12.4. The standard InChI is InChI=1S/C14H15ClN2O2/c1-10-3-2-4-11(15)12(10)17-13(18)14(9-16)5-7-19-8-6-14/h2-4H,5-8H2,1H3,(H,17,18). The molecule has 0 saturated carbocycles. The maximum Gasteiger partial charge on any atom is 0.245 e. The third-order valence-electron chi connectivity index (χ3n) is 3.46. The Morgan fingerprint density at radius 2 is 2.16 bits per heavy atom. The molecule has 0 atom stereocenters. The lowest BCUT2D eigenvalue weighted by atomic mass is 9.81. The fraction of sp³-hybridized carbons (Fsp3) is 0.429. The van der Waals surface area contributed by atoms with E-state index in [1.165, 1.54) is 0 Å². The maximum atomic E-state index is 12.4. The van der Waals surface area contributed by atoms with E-state index in [2.05, 4.69) is 11.4 Å². The molecule has 5 heteroatoms. The summed E-state index contributed by atoms with van der Waals surface area (Å²) >= 11 is 6.08. The average molecular weight is 279 g/mol. The van der Waals surface area contributed by atoms with Crippen molar-refractivity contribution < 1.29 is 9.53 Å². The summed E-state index contributed by atoms with van der Waals surface area (Å²) in [6.07, 6.45) is 0.831. The van der Waals surface area contributed by atoms with Gasteiger partial charge < -0.3 is 10.1 Å². The van der Waals surface area contributed by atoms with Crippen molar-refractivity contribution in [3.05, 3.63) is 28.8 Å². The Bertz CT molecular complexity index is 510. The van der Waals surface area contributed by atoms with E-state index in [0.717, 1.165) is 5.56 Å². The van der Waals surface area contributed by atoms with Crippen LogP contribution in [0.4, 0.5) is 5.69 Å². The van der Waals surface area contributed by atoms with Crippen molar-refractivity contribution in [3.8, 4) is 6.07 Å². The van der Waals surface area contributed by atoms with Crippen LogP contribution in [0, 0.1) is 23.7 Å². The van der Waals surface area contributed by atoms with E-state index in [1.807, 2.05) is 19.1 Å². The van der Waals surface area contributed by atoms with Crippen LogP contribution in [0.25, 0.3) is 0 Å². The molecule has 0 aromatic heterocycles. The minimum Gasteiger partial charge on any atom is -0.381 e. The number of aryl methyl sites for hydroxylation is 1. The smallest absolute Gasteiger partial charge is 0.245 e. The normalized spacial score (nSPS) is 17.5. The van der Waals surface area contributed by atoms with Gasteiger partial charge in [0.2, 0.25) is 5.91 Å². The number of nitrogens with one attached hydrogen (secondary N) is 1. The fourth-order valence-electron chi connectivity index (χ4n) is 2.13. The fourth-order valence-corrected chi connectivity index (χ4v) is 2.40. The van der Waals surface area contributed by atoms with Gasteiger partial charge in [0.1, 0.15) is 5.41 Å². The van der Waals surface area contributed by atoms with Crippen LogP contribution in [0.3, 0.4) is 0 Å². The zero-order valence-corrected chi connectivity index (χ0v) is 11.5. The second-order valence-electron chi connectivity index (χ2n) is 4.69. The monoisotopic (exact) mass is 278 g/mol. The second kappa shape index (κ2) is 5.60. The molecule has 0 aliphatic carbocycles. The molecule has 0 radical (unpaired) electrons. The summed E-state index contributed by atoms with van der Waals surface area (Å²) in [5.41, 5.74) is 0.445. The van der Waals surface area contributed by atoms with Gasteiger partial charge in [-0.1, -0.05) is 23.7 Å². The van der Waals surface area contributed by atoms with Crippen LogP contribution < -0.4 is 5.32 Å². The lowest BCUT2D eigenvalue weighted by Crippen LogP contribution is -2.40. The average Bonchev–Trinajstić information content (AvgIpc) is 2.43. The summed E-state index contributed by atoms with van der Waals surface area (Å²) in [7, 11) is 0. The number of hydrogen-bond acceptors (Lipinski definition) is 3. The number of anilines is 1. The molecule has 1 N–H and O–H groups in total. The second-order valence-corrected chi connectivity index (χ2v) is 5.10. The molecule has 0 spiro atoms. The van der Waals surface area contributed by atoms with Crippen LogP contribution in [0.5, 0.6) is 0 Å².